The summed E-state index contributed by atoms with van der Waals surface area (Å²) < 4.78 is 16.7. The van der Waals surface area contributed by atoms with Gasteiger partial charge in [0.2, 0.25) is 0 Å². The number of carbonyl (C=O) groups excluding carboxylic acids is 3. The Bertz CT molecular complexity index is 1110. The Morgan fingerprint density at radius 2 is 0.707 bits per heavy atom. The second kappa shape index (κ2) is 46.5. The largest absolute Gasteiger partial charge is 0.462 e. The fourth-order valence-electron chi connectivity index (χ4n) is 6.34. The van der Waals surface area contributed by atoms with Gasteiger partial charge >= 0.3 is 17.9 Å². The third kappa shape index (κ3) is 44.0. The van der Waals surface area contributed by atoms with Crippen LogP contribution in [0, 0.1) is 0 Å². The second-order valence-electron chi connectivity index (χ2n) is 15.6. The molecule has 1 unspecified atom stereocenters. The highest BCUT2D eigenvalue weighted by Gasteiger charge is 2.19. The minimum absolute atomic E-state index is 0.0982. The molecule has 332 valence electrons. The lowest BCUT2D eigenvalue weighted by Crippen LogP contribution is -2.30. The molecule has 0 saturated heterocycles. The molecule has 0 bridgehead atoms. The van der Waals surface area contributed by atoms with Crippen molar-refractivity contribution in [3.8, 4) is 0 Å². The van der Waals surface area contributed by atoms with Gasteiger partial charge in [0.25, 0.3) is 0 Å². The number of carbonyl (C=O) groups is 3. The number of ether oxygens (including phenoxy) is 3. The van der Waals surface area contributed by atoms with Crippen LogP contribution in [0.25, 0.3) is 0 Å². The minimum atomic E-state index is -0.798. The molecule has 0 saturated carbocycles. The Morgan fingerprint density at radius 1 is 0.362 bits per heavy atom. The van der Waals surface area contributed by atoms with Gasteiger partial charge in [-0.2, -0.15) is 0 Å². The van der Waals surface area contributed by atoms with Crippen LogP contribution < -0.4 is 0 Å². The van der Waals surface area contributed by atoms with E-state index in [1.54, 1.807) is 0 Å². The van der Waals surface area contributed by atoms with Gasteiger partial charge in [-0.25, -0.2) is 0 Å². The summed E-state index contributed by atoms with van der Waals surface area (Å²) in [4.78, 5) is 37.8. The summed E-state index contributed by atoms with van der Waals surface area (Å²) in [6.45, 7) is 6.41. The molecule has 0 heterocycles. The predicted molar refractivity (Wildman–Crippen MR) is 247 cm³/mol. The van der Waals surface area contributed by atoms with E-state index >= 15 is 0 Å². The molecule has 6 heteroatoms. The zero-order valence-corrected chi connectivity index (χ0v) is 37.8. The Kier molecular flexibility index (Phi) is 44.0. The third-order valence-corrected chi connectivity index (χ3v) is 9.95. The van der Waals surface area contributed by atoms with Gasteiger partial charge in [-0.15, -0.1) is 0 Å². The molecule has 0 aliphatic carbocycles. The van der Waals surface area contributed by atoms with E-state index in [0.717, 1.165) is 96.3 Å². The van der Waals surface area contributed by atoms with Gasteiger partial charge in [0.15, 0.2) is 6.10 Å². The summed E-state index contributed by atoms with van der Waals surface area (Å²) in [5, 5.41) is 0. The number of rotatable bonds is 42. The van der Waals surface area contributed by atoms with Gasteiger partial charge in [0.1, 0.15) is 13.2 Å². The van der Waals surface area contributed by atoms with Gasteiger partial charge in [0.05, 0.1) is 0 Å². The first-order valence-corrected chi connectivity index (χ1v) is 23.9. The van der Waals surface area contributed by atoms with Crippen molar-refractivity contribution in [3.05, 3.63) is 72.9 Å². The standard InChI is InChI=1S/C52H88O6/c1-4-7-10-13-16-19-22-24-25-26-27-29-30-33-36-39-42-45-51(54)57-48-49(47-56-50(53)44-41-38-35-32-21-18-15-12-9-6-3)58-52(55)46-43-40-37-34-31-28-23-20-17-14-11-8-5-2/h7,10,15-16,18-19,24-25,27,29,33,36,49H,4-6,8-9,11-14,17,20-23,26,28,30-32,34-35,37-48H2,1-3H3/b10-7-,18-15-,19-16-,25-24-,29-27-,36-33-. The Labute approximate surface area is 357 Å². The van der Waals surface area contributed by atoms with Crippen molar-refractivity contribution in [2.45, 2.75) is 226 Å². The molecule has 1 atom stereocenters. The normalized spacial score (nSPS) is 12.7. The maximum atomic E-state index is 12.7. The molecule has 6 nitrogen and oxygen atoms in total. The van der Waals surface area contributed by atoms with Crippen molar-refractivity contribution in [2.24, 2.45) is 0 Å². The summed E-state index contributed by atoms with van der Waals surface area (Å²) in [6.07, 6.45) is 57.5. The summed E-state index contributed by atoms with van der Waals surface area (Å²) in [5.74, 6) is -0.973. The van der Waals surface area contributed by atoms with Crippen molar-refractivity contribution < 1.29 is 28.6 Å². The monoisotopic (exact) mass is 809 g/mol. The first kappa shape index (κ1) is 54.9. The van der Waals surface area contributed by atoms with Crippen LogP contribution in [0.15, 0.2) is 72.9 Å². The van der Waals surface area contributed by atoms with Crippen LogP contribution in [0.2, 0.25) is 0 Å². The van der Waals surface area contributed by atoms with Crippen LogP contribution >= 0.6 is 0 Å². The molecule has 0 spiro atoms. The number of allylic oxidation sites excluding steroid dienone is 12. The van der Waals surface area contributed by atoms with Crippen molar-refractivity contribution in [1.82, 2.24) is 0 Å². The predicted octanol–water partition coefficient (Wildman–Crippen LogP) is 15.5. The van der Waals surface area contributed by atoms with Crippen molar-refractivity contribution >= 4 is 17.9 Å². The molecule has 0 aliphatic heterocycles. The Hall–Kier alpha value is -3.15. The van der Waals surface area contributed by atoms with Gasteiger partial charge in [0, 0.05) is 19.3 Å². The second-order valence-corrected chi connectivity index (χ2v) is 15.6. The maximum absolute atomic E-state index is 12.7. The van der Waals surface area contributed by atoms with Crippen LogP contribution in [0.1, 0.15) is 220 Å². The minimum Gasteiger partial charge on any atom is -0.462 e. The van der Waals surface area contributed by atoms with Crippen molar-refractivity contribution in [3.63, 3.8) is 0 Å². The topological polar surface area (TPSA) is 78.9 Å². The number of hydrogen-bond donors (Lipinski definition) is 0. The maximum Gasteiger partial charge on any atom is 0.306 e. The number of unbranched alkanes of at least 4 members (excludes halogenated alkanes) is 19. The SMILES string of the molecule is CC/C=C\C/C=C\C/C=C\C/C=C\C/C=C\CCCC(=O)OCC(COC(=O)CCCCCC/C=C\CCCC)OC(=O)CCCCCCCCCCCCCCC. The van der Waals surface area contributed by atoms with E-state index in [1.165, 1.54) is 77.0 Å². The quantitative estimate of drug-likeness (QED) is 0.0264. The number of hydrogen-bond acceptors (Lipinski definition) is 6. The van der Waals surface area contributed by atoms with Gasteiger partial charge < -0.3 is 14.2 Å². The van der Waals surface area contributed by atoms with Crippen LogP contribution in [-0.2, 0) is 28.6 Å². The van der Waals surface area contributed by atoms with E-state index in [9.17, 15) is 14.4 Å². The van der Waals surface area contributed by atoms with Crippen molar-refractivity contribution in [2.75, 3.05) is 13.2 Å². The fourth-order valence-corrected chi connectivity index (χ4v) is 6.34. The van der Waals surface area contributed by atoms with E-state index in [4.69, 9.17) is 14.2 Å². The third-order valence-electron chi connectivity index (χ3n) is 9.95. The molecule has 0 N–H and O–H groups in total. The molecule has 0 fully saturated rings. The molecule has 0 rings (SSSR count). The Balaban J connectivity index is 4.46. The van der Waals surface area contributed by atoms with E-state index in [0.29, 0.717) is 19.3 Å². The lowest BCUT2D eigenvalue weighted by Gasteiger charge is -2.18. The van der Waals surface area contributed by atoms with Crippen LogP contribution in [0.4, 0.5) is 0 Å². The molecule has 58 heavy (non-hydrogen) atoms. The Morgan fingerprint density at radius 3 is 1.19 bits per heavy atom. The van der Waals surface area contributed by atoms with Crippen LogP contribution in [0.3, 0.4) is 0 Å². The fraction of sp³-hybridized carbons (Fsp3) is 0.712. The summed E-state index contributed by atoms with van der Waals surface area (Å²) >= 11 is 0. The zero-order valence-electron chi connectivity index (χ0n) is 37.8. The highest BCUT2D eigenvalue weighted by molar-refractivity contribution is 5.71. The summed E-state index contributed by atoms with van der Waals surface area (Å²) in [5.41, 5.74) is 0. The molecule has 0 aliphatic rings. The van der Waals surface area contributed by atoms with E-state index in [1.807, 2.05) is 0 Å². The summed E-state index contributed by atoms with van der Waals surface area (Å²) in [7, 11) is 0. The molecular weight excluding hydrogens is 721 g/mol. The first-order valence-electron chi connectivity index (χ1n) is 23.9. The van der Waals surface area contributed by atoms with Gasteiger partial charge in [-0.1, -0.05) is 196 Å². The number of esters is 3. The van der Waals surface area contributed by atoms with Crippen LogP contribution in [-0.4, -0.2) is 37.2 Å². The van der Waals surface area contributed by atoms with Gasteiger partial charge in [-0.05, 0) is 77.0 Å². The average molecular weight is 809 g/mol. The molecular formula is C52H88O6. The summed E-state index contributed by atoms with van der Waals surface area (Å²) in [6, 6.07) is 0. The van der Waals surface area contributed by atoms with E-state index in [-0.39, 0.29) is 37.5 Å². The lowest BCUT2D eigenvalue weighted by atomic mass is 10.0. The molecule has 0 aromatic carbocycles. The first-order chi connectivity index (χ1) is 28.5. The molecule has 0 amide bonds. The molecule has 0 aromatic heterocycles. The molecule has 0 aromatic rings. The smallest absolute Gasteiger partial charge is 0.306 e. The highest BCUT2D eigenvalue weighted by Crippen LogP contribution is 2.14. The average Bonchev–Trinajstić information content (AvgIpc) is 3.22. The molecule has 0 radical (unpaired) electrons. The van der Waals surface area contributed by atoms with E-state index in [2.05, 4.69) is 93.7 Å². The van der Waals surface area contributed by atoms with Gasteiger partial charge in [-0.3, -0.25) is 14.4 Å². The van der Waals surface area contributed by atoms with Crippen molar-refractivity contribution in [1.29, 1.82) is 0 Å². The highest BCUT2D eigenvalue weighted by atomic mass is 16.6. The van der Waals surface area contributed by atoms with E-state index < -0.39 is 6.10 Å². The van der Waals surface area contributed by atoms with Crippen LogP contribution in [0.5, 0.6) is 0 Å². The lowest BCUT2D eigenvalue weighted by molar-refractivity contribution is -0.167. The zero-order chi connectivity index (χ0) is 42.3.